The van der Waals surface area contributed by atoms with Crippen LogP contribution in [-0.4, -0.2) is 30.1 Å². The number of hydrogen-bond donors (Lipinski definition) is 1. The molecule has 0 radical (unpaired) electrons. The van der Waals surface area contributed by atoms with Crippen molar-refractivity contribution in [1.29, 1.82) is 0 Å². The number of hydrogen-bond acceptors (Lipinski definition) is 2. The van der Waals surface area contributed by atoms with E-state index in [4.69, 9.17) is 11.6 Å². The fourth-order valence-electron chi connectivity index (χ4n) is 2.24. The molecule has 0 heterocycles. The smallest absolute Gasteiger partial charge is 0.129 e. The summed E-state index contributed by atoms with van der Waals surface area (Å²) >= 11 is 5.98. The molecule has 108 valence electrons. The van der Waals surface area contributed by atoms with E-state index in [9.17, 15) is 4.39 Å². The molecule has 0 saturated carbocycles. The predicted molar refractivity (Wildman–Crippen MR) is 80.1 cm³/mol. The Bertz CT molecular complexity index is 365. The van der Waals surface area contributed by atoms with Gasteiger partial charge in [0.25, 0.3) is 0 Å². The molecule has 1 rings (SSSR count). The predicted octanol–water partition coefficient (Wildman–Crippen LogP) is 3.69. The molecule has 2 nitrogen and oxygen atoms in total. The zero-order chi connectivity index (χ0) is 14.4. The molecule has 0 amide bonds. The molecule has 1 aromatic carbocycles. The minimum atomic E-state index is -0.246. The van der Waals surface area contributed by atoms with Crippen LogP contribution in [0.25, 0.3) is 0 Å². The normalized spacial score (nSPS) is 11.8. The van der Waals surface area contributed by atoms with E-state index >= 15 is 0 Å². The van der Waals surface area contributed by atoms with Crippen molar-refractivity contribution in [3.63, 3.8) is 0 Å². The summed E-state index contributed by atoms with van der Waals surface area (Å²) in [5, 5.41) is 3.74. The summed E-state index contributed by atoms with van der Waals surface area (Å²) in [6.07, 6.45) is 0. The van der Waals surface area contributed by atoms with E-state index in [-0.39, 0.29) is 5.82 Å². The maximum Gasteiger partial charge on any atom is 0.129 e. The summed E-state index contributed by atoms with van der Waals surface area (Å²) in [4.78, 5) is 2.40. The van der Waals surface area contributed by atoms with Crippen LogP contribution in [0.2, 0.25) is 5.02 Å². The second-order valence-corrected chi connectivity index (χ2v) is 5.71. The number of nitrogens with one attached hydrogen (secondary N) is 1. The largest absolute Gasteiger partial charge is 0.311 e. The molecule has 1 aromatic rings. The first-order valence-corrected chi connectivity index (χ1v) is 7.20. The van der Waals surface area contributed by atoms with E-state index in [0.29, 0.717) is 29.2 Å². The van der Waals surface area contributed by atoms with Gasteiger partial charge < -0.3 is 5.32 Å². The first-order valence-electron chi connectivity index (χ1n) is 6.82. The van der Waals surface area contributed by atoms with Crippen molar-refractivity contribution in [1.82, 2.24) is 10.2 Å². The Morgan fingerprint density at radius 2 is 1.84 bits per heavy atom. The summed E-state index contributed by atoms with van der Waals surface area (Å²) in [6, 6.07) is 5.81. The van der Waals surface area contributed by atoms with Crippen molar-refractivity contribution in [2.45, 2.75) is 46.3 Å². The first-order chi connectivity index (χ1) is 8.93. The zero-order valence-electron chi connectivity index (χ0n) is 12.2. The second kappa shape index (κ2) is 7.83. The molecule has 0 aromatic heterocycles. The van der Waals surface area contributed by atoms with Gasteiger partial charge in [-0.25, -0.2) is 4.39 Å². The minimum absolute atomic E-state index is 0.246. The summed E-state index contributed by atoms with van der Waals surface area (Å²) in [5.41, 5.74) is 0.546. The van der Waals surface area contributed by atoms with E-state index in [1.54, 1.807) is 12.1 Å². The lowest BCUT2D eigenvalue weighted by Crippen LogP contribution is -2.41. The lowest BCUT2D eigenvalue weighted by atomic mass is 10.2. The van der Waals surface area contributed by atoms with Crippen LogP contribution in [0, 0.1) is 5.82 Å². The standard InChI is InChI=1S/C15H24ClFN2/c1-11(2)19(12(3)4)9-8-18-10-13-14(16)6-5-7-15(13)17/h5-7,11-12,18H,8-10H2,1-4H3. The van der Waals surface area contributed by atoms with Gasteiger partial charge in [-0.2, -0.15) is 0 Å². The lowest BCUT2D eigenvalue weighted by molar-refractivity contribution is 0.175. The van der Waals surface area contributed by atoms with Crippen LogP contribution >= 0.6 is 11.6 Å². The van der Waals surface area contributed by atoms with Crippen molar-refractivity contribution in [2.24, 2.45) is 0 Å². The van der Waals surface area contributed by atoms with Crippen molar-refractivity contribution >= 4 is 11.6 Å². The van der Waals surface area contributed by atoms with Crippen molar-refractivity contribution < 1.29 is 4.39 Å². The summed E-state index contributed by atoms with van der Waals surface area (Å²) in [7, 11) is 0. The van der Waals surface area contributed by atoms with Crippen molar-refractivity contribution in [3.05, 3.63) is 34.6 Å². The maximum absolute atomic E-state index is 13.6. The third-order valence-electron chi connectivity index (χ3n) is 3.24. The van der Waals surface area contributed by atoms with Gasteiger partial charge in [0, 0.05) is 42.3 Å². The number of benzene rings is 1. The molecule has 0 aliphatic carbocycles. The Morgan fingerprint density at radius 1 is 1.21 bits per heavy atom. The number of nitrogens with zero attached hydrogens (tertiary/aromatic N) is 1. The molecule has 1 N–H and O–H groups in total. The molecule has 0 spiro atoms. The number of rotatable bonds is 7. The molecule has 0 unspecified atom stereocenters. The van der Waals surface area contributed by atoms with Crippen LogP contribution in [0.5, 0.6) is 0 Å². The molecule has 0 atom stereocenters. The summed E-state index contributed by atoms with van der Waals surface area (Å²) < 4.78 is 13.6. The lowest BCUT2D eigenvalue weighted by Gasteiger charge is -2.30. The summed E-state index contributed by atoms with van der Waals surface area (Å²) in [5.74, 6) is -0.246. The highest BCUT2D eigenvalue weighted by atomic mass is 35.5. The van der Waals surface area contributed by atoms with E-state index in [1.807, 2.05) is 0 Å². The monoisotopic (exact) mass is 286 g/mol. The van der Waals surface area contributed by atoms with Gasteiger partial charge >= 0.3 is 0 Å². The average molecular weight is 287 g/mol. The molecule has 0 bridgehead atoms. The molecular weight excluding hydrogens is 263 g/mol. The highest BCUT2D eigenvalue weighted by Crippen LogP contribution is 2.18. The van der Waals surface area contributed by atoms with Crippen molar-refractivity contribution in [3.8, 4) is 0 Å². The SMILES string of the molecule is CC(C)N(CCNCc1c(F)cccc1Cl)C(C)C. The van der Waals surface area contributed by atoms with Crippen LogP contribution in [0.1, 0.15) is 33.3 Å². The van der Waals surface area contributed by atoms with Crippen molar-refractivity contribution in [2.75, 3.05) is 13.1 Å². The van der Waals surface area contributed by atoms with Gasteiger partial charge in [-0.3, -0.25) is 4.90 Å². The molecule has 0 aliphatic rings. The molecule has 0 aliphatic heterocycles. The topological polar surface area (TPSA) is 15.3 Å². The highest BCUT2D eigenvalue weighted by molar-refractivity contribution is 6.31. The average Bonchev–Trinajstić information content (AvgIpc) is 2.31. The third kappa shape index (κ3) is 5.09. The second-order valence-electron chi connectivity index (χ2n) is 5.30. The van der Waals surface area contributed by atoms with E-state index in [1.165, 1.54) is 6.07 Å². The Hall–Kier alpha value is -0.640. The Kier molecular flexibility index (Phi) is 6.76. The fourth-order valence-corrected chi connectivity index (χ4v) is 2.47. The van der Waals surface area contributed by atoms with Crippen LogP contribution in [0.3, 0.4) is 0 Å². The van der Waals surface area contributed by atoms with E-state index in [0.717, 1.165) is 13.1 Å². The minimum Gasteiger partial charge on any atom is -0.311 e. The first kappa shape index (κ1) is 16.4. The Labute approximate surface area is 120 Å². The zero-order valence-corrected chi connectivity index (χ0v) is 13.0. The molecular formula is C15H24ClFN2. The van der Waals surface area contributed by atoms with Gasteiger partial charge in [0.1, 0.15) is 5.82 Å². The highest BCUT2D eigenvalue weighted by Gasteiger charge is 2.12. The van der Waals surface area contributed by atoms with Crippen LogP contribution < -0.4 is 5.32 Å². The van der Waals surface area contributed by atoms with Gasteiger partial charge in [-0.05, 0) is 39.8 Å². The van der Waals surface area contributed by atoms with E-state index < -0.39 is 0 Å². The van der Waals surface area contributed by atoms with Gasteiger partial charge in [0.05, 0.1) is 0 Å². The number of halogens is 2. The van der Waals surface area contributed by atoms with Gasteiger partial charge in [0.2, 0.25) is 0 Å². The van der Waals surface area contributed by atoms with Gasteiger partial charge in [0.15, 0.2) is 0 Å². The summed E-state index contributed by atoms with van der Waals surface area (Å²) in [6.45, 7) is 11.0. The van der Waals surface area contributed by atoms with Gasteiger partial charge in [-0.1, -0.05) is 17.7 Å². The molecule has 0 fully saturated rings. The van der Waals surface area contributed by atoms with Crippen LogP contribution in [0.15, 0.2) is 18.2 Å². The molecule has 19 heavy (non-hydrogen) atoms. The van der Waals surface area contributed by atoms with Crippen LogP contribution in [-0.2, 0) is 6.54 Å². The van der Waals surface area contributed by atoms with E-state index in [2.05, 4.69) is 37.9 Å². The molecule has 0 saturated heterocycles. The van der Waals surface area contributed by atoms with Crippen LogP contribution in [0.4, 0.5) is 4.39 Å². The maximum atomic E-state index is 13.6. The quantitative estimate of drug-likeness (QED) is 0.769. The fraction of sp³-hybridized carbons (Fsp3) is 0.600. The molecule has 4 heteroatoms. The Balaban J connectivity index is 2.42. The van der Waals surface area contributed by atoms with Gasteiger partial charge in [-0.15, -0.1) is 0 Å². The Morgan fingerprint density at radius 3 is 2.37 bits per heavy atom. The third-order valence-corrected chi connectivity index (χ3v) is 3.59.